The fourth-order valence-electron chi connectivity index (χ4n) is 0.921. The predicted octanol–water partition coefficient (Wildman–Crippen LogP) is 6.05. The van der Waals surface area contributed by atoms with E-state index in [9.17, 15) is 0 Å². The SMILES string of the molecule is CC.CC.Clc1nn2c(Cl)c(Cl)nc2c(Cl)c1Cl. The lowest BCUT2D eigenvalue weighted by Crippen LogP contribution is -1.94. The Morgan fingerprint density at radius 2 is 1.28 bits per heavy atom. The van der Waals surface area contributed by atoms with Gasteiger partial charge in [-0.1, -0.05) is 85.7 Å². The number of imidazole rings is 1. The number of nitrogens with zero attached hydrogens (tertiary/aromatic N) is 3. The Morgan fingerprint density at radius 1 is 0.778 bits per heavy atom. The van der Waals surface area contributed by atoms with Gasteiger partial charge in [-0.05, 0) is 0 Å². The number of aromatic nitrogens is 3. The van der Waals surface area contributed by atoms with Gasteiger partial charge in [-0.25, -0.2) is 4.98 Å². The Morgan fingerprint density at radius 3 is 1.78 bits per heavy atom. The van der Waals surface area contributed by atoms with Gasteiger partial charge < -0.3 is 0 Å². The summed E-state index contributed by atoms with van der Waals surface area (Å²) < 4.78 is 1.22. The highest BCUT2D eigenvalue weighted by Gasteiger charge is 2.17. The third-order valence-corrected chi connectivity index (χ3v) is 3.40. The van der Waals surface area contributed by atoms with Crippen LogP contribution in [-0.2, 0) is 0 Å². The average molecular weight is 351 g/mol. The monoisotopic (exact) mass is 349 g/mol. The lowest BCUT2D eigenvalue weighted by molar-refractivity contribution is 0.937. The van der Waals surface area contributed by atoms with E-state index in [0.717, 1.165) is 0 Å². The highest BCUT2D eigenvalue weighted by molar-refractivity contribution is 6.49. The van der Waals surface area contributed by atoms with Crippen LogP contribution in [0.15, 0.2) is 0 Å². The molecule has 0 bridgehead atoms. The van der Waals surface area contributed by atoms with Crippen molar-refractivity contribution < 1.29 is 0 Å². The second-order valence-electron chi connectivity index (χ2n) is 2.35. The van der Waals surface area contributed by atoms with Gasteiger partial charge in [-0.15, -0.1) is 0 Å². The van der Waals surface area contributed by atoms with Crippen LogP contribution >= 0.6 is 58.0 Å². The van der Waals surface area contributed by atoms with Gasteiger partial charge in [0, 0.05) is 0 Å². The maximum absolute atomic E-state index is 5.86. The standard InChI is InChI=1S/C6Cl5N3.2C2H6/c7-1-2(8)6-12-4(10)5(11)14(6)13-3(1)9;2*1-2/h;2*1-2H3. The average Bonchev–Trinajstić information content (AvgIpc) is 2.69. The molecular weight excluding hydrogens is 339 g/mol. The van der Waals surface area contributed by atoms with Crippen LogP contribution in [0.2, 0.25) is 25.5 Å². The summed E-state index contributed by atoms with van der Waals surface area (Å²) in [5, 5.41) is 4.41. The van der Waals surface area contributed by atoms with E-state index in [1.165, 1.54) is 4.52 Å². The molecule has 0 aromatic carbocycles. The first-order valence-corrected chi connectivity index (χ1v) is 7.15. The van der Waals surface area contributed by atoms with Gasteiger partial charge in [0.15, 0.2) is 21.1 Å². The zero-order valence-corrected chi connectivity index (χ0v) is 14.0. The molecule has 3 nitrogen and oxygen atoms in total. The molecule has 2 aromatic rings. The van der Waals surface area contributed by atoms with Gasteiger partial charge in [0.2, 0.25) is 0 Å². The Labute approximate surface area is 131 Å². The van der Waals surface area contributed by atoms with Crippen molar-refractivity contribution in [3.05, 3.63) is 25.5 Å². The van der Waals surface area contributed by atoms with Gasteiger partial charge in [0.1, 0.15) is 10.0 Å². The van der Waals surface area contributed by atoms with Crippen molar-refractivity contribution >= 4 is 63.7 Å². The topological polar surface area (TPSA) is 30.2 Å². The van der Waals surface area contributed by atoms with Crippen molar-refractivity contribution in [2.75, 3.05) is 0 Å². The van der Waals surface area contributed by atoms with E-state index in [1.54, 1.807) is 0 Å². The van der Waals surface area contributed by atoms with E-state index < -0.39 is 0 Å². The van der Waals surface area contributed by atoms with Crippen LogP contribution in [0.5, 0.6) is 0 Å². The molecule has 0 atom stereocenters. The molecule has 0 fully saturated rings. The first-order chi connectivity index (χ1) is 8.52. The van der Waals surface area contributed by atoms with Gasteiger partial charge >= 0.3 is 0 Å². The molecular formula is C10H12Cl5N3. The molecule has 0 saturated carbocycles. The predicted molar refractivity (Wildman–Crippen MR) is 80.7 cm³/mol. The van der Waals surface area contributed by atoms with Gasteiger partial charge in [-0.2, -0.15) is 9.61 Å². The zero-order chi connectivity index (χ0) is 14.5. The molecule has 2 heterocycles. The summed E-state index contributed by atoms with van der Waals surface area (Å²) in [4.78, 5) is 3.87. The van der Waals surface area contributed by atoms with Crippen LogP contribution in [0.25, 0.3) is 5.65 Å². The highest BCUT2D eigenvalue weighted by atomic mass is 35.5. The summed E-state index contributed by atoms with van der Waals surface area (Å²) in [6, 6.07) is 0. The third-order valence-electron chi connectivity index (χ3n) is 1.52. The summed E-state index contributed by atoms with van der Waals surface area (Å²) in [6.07, 6.45) is 0. The number of rotatable bonds is 0. The second kappa shape index (κ2) is 8.28. The number of halogens is 5. The third kappa shape index (κ3) is 3.55. The second-order valence-corrected chi connectivity index (χ2v) is 4.18. The number of hydrogen-bond donors (Lipinski definition) is 0. The minimum atomic E-state index is 0.0418. The van der Waals surface area contributed by atoms with E-state index in [0.29, 0.717) is 0 Å². The Kier molecular flexibility index (Phi) is 8.31. The lowest BCUT2D eigenvalue weighted by Gasteiger charge is -2.00. The molecule has 0 amide bonds. The molecule has 0 spiro atoms. The molecule has 18 heavy (non-hydrogen) atoms. The van der Waals surface area contributed by atoms with Crippen LogP contribution < -0.4 is 0 Å². The van der Waals surface area contributed by atoms with Crippen molar-refractivity contribution in [2.45, 2.75) is 27.7 Å². The summed E-state index contributed by atoms with van der Waals surface area (Å²) in [5.41, 5.74) is 0.274. The van der Waals surface area contributed by atoms with Crippen LogP contribution in [0.3, 0.4) is 0 Å². The molecule has 8 heteroatoms. The largest absolute Gasteiger partial charge is 0.212 e. The van der Waals surface area contributed by atoms with Crippen molar-refractivity contribution in [1.29, 1.82) is 0 Å². The van der Waals surface area contributed by atoms with Crippen molar-refractivity contribution in [3.8, 4) is 0 Å². The highest BCUT2D eigenvalue weighted by Crippen LogP contribution is 2.34. The molecule has 0 unspecified atom stereocenters. The summed E-state index contributed by atoms with van der Waals surface area (Å²) in [7, 11) is 0. The molecule has 0 aliphatic rings. The summed E-state index contributed by atoms with van der Waals surface area (Å²) >= 11 is 28.8. The van der Waals surface area contributed by atoms with Crippen LogP contribution in [-0.4, -0.2) is 14.6 Å². The molecule has 102 valence electrons. The molecule has 2 aromatic heterocycles. The zero-order valence-electron chi connectivity index (χ0n) is 10.2. The Balaban J connectivity index is 0.000000659. The van der Waals surface area contributed by atoms with E-state index in [4.69, 9.17) is 58.0 Å². The lowest BCUT2D eigenvalue weighted by atomic mass is 10.5. The van der Waals surface area contributed by atoms with Gasteiger partial charge in [-0.3, -0.25) is 0 Å². The molecule has 0 saturated heterocycles. The summed E-state index contributed by atoms with van der Waals surface area (Å²) in [5.74, 6) is 0. The quantitative estimate of drug-likeness (QED) is 0.578. The van der Waals surface area contributed by atoms with Crippen molar-refractivity contribution in [1.82, 2.24) is 14.6 Å². The van der Waals surface area contributed by atoms with E-state index in [2.05, 4.69) is 10.1 Å². The maximum Gasteiger partial charge on any atom is 0.177 e. The first-order valence-electron chi connectivity index (χ1n) is 5.26. The van der Waals surface area contributed by atoms with Crippen molar-refractivity contribution in [2.24, 2.45) is 0 Å². The molecule has 0 aliphatic carbocycles. The van der Waals surface area contributed by atoms with Gasteiger partial charge in [0.05, 0.1) is 0 Å². The Bertz CT molecular complexity index is 524. The van der Waals surface area contributed by atoms with Crippen molar-refractivity contribution in [3.63, 3.8) is 0 Å². The first kappa shape index (κ1) is 18.1. The molecule has 0 N–H and O–H groups in total. The van der Waals surface area contributed by atoms with E-state index >= 15 is 0 Å². The van der Waals surface area contributed by atoms with E-state index in [1.807, 2.05) is 27.7 Å². The fraction of sp³-hybridized carbons (Fsp3) is 0.400. The van der Waals surface area contributed by atoms with Crippen LogP contribution in [0.1, 0.15) is 27.7 Å². The minimum absolute atomic E-state index is 0.0418. The molecule has 0 radical (unpaired) electrons. The smallest absolute Gasteiger partial charge is 0.177 e. The normalized spacial score (nSPS) is 9.39. The van der Waals surface area contributed by atoms with Crippen LogP contribution in [0.4, 0.5) is 0 Å². The molecule has 2 rings (SSSR count). The van der Waals surface area contributed by atoms with E-state index in [-0.39, 0.29) is 31.2 Å². The minimum Gasteiger partial charge on any atom is -0.212 e. The number of hydrogen-bond acceptors (Lipinski definition) is 2. The fourth-order valence-corrected chi connectivity index (χ4v) is 1.79. The molecule has 0 aliphatic heterocycles. The number of fused-ring (bicyclic) bond motifs is 1. The summed E-state index contributed by atoms with van der Waals surface area (Å²) in [6.45, 7) is 8.00. The van der Waals surface area contributed by atoms with Gasteiger partial charge in [0.25, 0.3) is 0 Å². The Hall–Kier alpha value is 0.0700. The maximum atomic E-state index is 5.86. The van der Waals surface area contributed by atoms with Crippen LogP contribution in [0, 0.1) is 0 Å².